The minimum absolute atomic E-state index is 0.130. The Bertz CT molecular complexity index is 597. The van der Waals surface area contributed by atoms with E-state index in [1.165, 1.54) is 12.1 Å². The number of alkyl halides is 2. The molecule has 0 fully saturated rings. The Labute approximate surface area is 121 Å². The van der Waals surface area contributed by atoms with Gasteiger partial charge in [-0.2, -0.15) is 13.9 Å². The minimum atomic E-state index is -2.81. The van der Waals surface area contributed by atoms with E-state index in [1.54, 1.807) is 23.9 Å². The van der Waals surface area contributed by atoms with Crippen LogP contribution >= 0.6 is 0 Å². The van der Waals surface area contributed by atoms with Crippen molar-refractivity contribution in [2.45, 2.75) is 20.1 Å². The first-order chi connectivity index (χ1) is 10.0. The van der Waals surface area contributed by atoms with Gasteiger partial charge in [0.15, 0.2) is 0 Å². The minimum Gasteiger partial charge on any atom is -0.481 e. The van der Waals surface area contributed by atoms with E-state index >= 15 is 0 Å². The number of aromatic nitrogens is 2. The number of methoxy groups -OCH3 is 1. The first kappa shape index (κ1) is 15.1. The van der Waals surface area contributed by atoms with Crippen LogP contribution in [-0.4, -0.2) is 23.5 Å². The molecule has 5 nitrogen and oxygen atoms in total. The van der Waals surface area contributed by atoms with Crippen molar-refractivity contribution < 1.29 is 18.3 Å². The van der Waals surface area contributed by atoms with E-state index in [0.717, 1.165) is 16.9 Å². The van der Waals surface area contributed by atoms with E-state index < -0.39 is 6.61 Å². The van der Waals surface area contributed by atoms with Crippen molar-refractivity contribution in [3.05, 3.63) is 35.5 Å². The Morgan fingerprint density at radius 1 is 1.29 bits per heavy atom. The fourth-order valence-corrected chi connectivity index (χ4v) is 2.08. The lowest BCUT2D eigenvalue weighted by atomic mass is 10.2. The van der Waals surface area contributed by atoms with Gasteiger partial charge in [0.1, 0.15) is 5.75 Å². The Morgan fingerprint density at radius 2 is 1.95 bits per heavy atom. The molecule has 0 saturated carbocycles. The number of aryl methyl sites for hydroxylation is 2. The molecular weight excluding hydrogens is 280 g/mol. The van der Waals surface area contributed by atoms with E-state index in [0.29, 0.717) is 12.4 Å². The predicted molar refractivity (Wildman–Crippen MR) is 74.9 cm³/mol. The fourth-order valence-electron chi connectivity index (χ4n) is 2.08. The average molecular weight is 297 g/mol. The van der Waals surface area contributed by atoms with Gasteiger partial charge in [0.05, 0.1) is 18.4 Å². The Kier molecular flexibility index (Phi) is 4.62. The lowest BCUT2D eigenvalue weighted by Crippen LogP contribution is -2.04. The van der Waals surface area contributed by atoms with Crippen molar-refractivity contribution in [3.63, 3.8) is 0 Å². The summed E-state index contributed by atoms with van der Waals surface area (Å²) >= 11 is 0. The SMILES string of the molecule is COc1c(CNc2ccc(OC(F)F)cc2)c(C)nn1C. The second-order valence-corrected chi connectivity index (χ2v) is 4.45. The standard InChI is InChI=1S/C14H17F2N3O2/c1-9-12(13(20-3)19(2)18-9)8-17-10-4-6-11(7-5-10)21-14(15)16/h4-7,14,17H,8H2,1-3H3. The third-order valence-electron chi connectivity index (χ3n) is 3.03. The summed E-state index contributed by atoms with van der Waals surface area (Å²) in [4.78, 5) is 0. The molecule has 0 saturated heterocycles. The van der Waals surface area contributed by atoms with Gasteiger partial charge in [-0.25, -0.2) is 4.68 Å². The molecule has 2 aromatic rings. The van der Waals surface area contributed by atoms with Gasteiger partial charge < -0.3 is 14.8 Å². The largest absolute Gasteiger partial charge is 0.481 e. The smallest absolute Gasteiger partial charge is 0.387 e. The van der Waals surface area contributed by atoms with E-state index in [2.05, 4.69) is 15.2 Å². The molecular formula is C14H17F2N3O2. The Morgan fingerprint density at radius 3 is 2.52 bits per heavy atom. The normalized spacial score (nSPS) is 10.8. The van der Waals surface area contributed by atoms with Crippen LogP contribution in [0, 0.1) is 6.92 Å². The van der Waals surface area contributed by atoms with E-state index in [9.17, 15) is 8.78 Å². The molecule has 7 heteroatoms. The molecule has 0 aliphatic rings. The summed E-state index contributed by atoms with van der Waals surface area (Å²) in [5.74, 6) is 0.823. The zero-order valence-corrected chi connectivity index (χ0v) is 12.1. The zero-order valence-electron chi connectivity index (χ0n) is 12.1. The molecule has 0 radical (unpaired) electrons. The highest BCUT2D eigenvalue weighted by Crippen LogP contribution is 2.23. The van der Waals surface area contributed by atoms with Crippen molar-refractivity contribution in [3.8, 4) is 11.6 Å². The van der Waals surface area contributed by atoms with Crippen molar-refractivity contribution in [1.82, 2.24) is 9.78 Å². The number of rotatable bonds is 6. The van der Waals surface area contributed by atoms with Gasteiger partial charge in [0.2, 0.25) is 5.88 Å². The van der Waals surface area contributed by atoms with Crippen LogP contribution in [0.25, 0.3) is 0 Å². The Balaban J connectivity index is 2.03. The molecule has 114 valence electrons. The monoisotopic (exact) mass is 297 g/mol. The molecule has 1 aromatic carbocycles. The third-order valence-corrected chi connectivity index (χ3v) is 3.03. The van der Waals surface area contributed by atoms with Crippen molar-refractivity contribution in [1.29, 1.82) is 0 Å². The van der Waals surface area contributed by atoms with Crippen LogP contribution in [0.5, 0.6) is 11.6 Å². The quantitative estimate of drug-likeness (QED) is 0.890. The number of nitrogens with zero attached hydrogens (tertiary/aromatic N) is 2. The molecule has 0 unspecified atom stereocenters. The molecule has 0 amide bonds. The van der Waals surface area contributed by atoms with Crippen molar-refractivity contribution >= 4 is 5.69 Å². The highest BCUT2D eigenvalue weighted by Gasteiger charge is 2.13. The van der Waals surface area contributed by atoms with Gasteiger partial charge in [-0.3, -0.25) is 0 Å². The van der Waals surface area contributed by atoms with Gasteiger partial charge in [-0.1, -0.05) is 0 Å². The highest BCUT2D eigenvalue weighted by atomic mass is 19.3. The second-order valence-electron chi connectivity index (χ2n) is 4.45. The average Bonchev–Trinajstić information content (AvgIpc) is 2.71. The molecule has 0 spiro atoms. The van der Waals surface area contributed by atoms with Crippen molar-refractivity contribution in [2.24, 2.45) is 7.05 Å². The molecule has 0 aliphatic carbocycles. The van der Waals surface area contributed by atoms with Crippen LogP contribution in [0.2, 0.25) is 0 Å². The van der Waals surface area contributed by atoms with Crippen molar-refractivity contribution in [2.75, 3.05) is 12.4 Å². The predicted octanol–water partition coefficient (Wildman–Crippen LogP) is 2.95. The lowest BCUT2D eigenvalue weighted by Gasteiger charge is -2.09. The molecule has 2 rings (SSSR count). The molecule has 0 bridgehead atoms. The number of anilines is 1. The zero-order chi connectivity index (χ0) is 15.4. The van der Waals surface area contributed by atoms with Gasteiger partial charge in [0, 0.05) is 19.3 Å². The highest BCUT2D eigenvalue weighted by molar-refractivity contribution is 5.47. The van der Waals surface area contributed by atoms with Gasteiger partial charge in [0.25, 0.3) is 0 Å². The number of halogens is 2. The van der Waals surface area contributed by atoms with Gasteiger partial charge >= 0.3 is 6.61 Å². The molecule has 21 heavy (non-hydrogen) atoms. The fraction of sp³-hybridized carbons (Fsp3) is 0.357. The van der Waals surface area contributed by atoms with Crippen LogP contribution < -0.4 is 14.8 Å². The summed E-state index contributed by atoms with van der Waals surface area (Å²) < 4.78 is 35.4. The van der Waals surface area contributed by atoms with Gasteiger partial charge in [-0.15, -0.1) is 0 Å². The van der Waals surface area contributed by atoms with Gasteiger partial charge in [-0.05, 0) is 31.2 Å². The number of ether oxygens (including phenoxy) is 2. The maximum Gasteiger partial charge on any atom is 0.387 e. The maximum atomic E-state index is 12.1. The maximum absolute atomic E-state index is 12.1. The summed E-state index contributed by atoms with van der Waals surface area (Å²) in [5.41, 5.74) is 2.62. The number of nitrogens with one attached hydrogen (secondary N) is 1. The topological polar surface area (TPSA) is 48.3 Å². The summed E-state index contributed by atoms with van der Waals surface area (Å²) in [6.07, 6.45) is 0. The van der Waals surface area contributed by atoms with Crippen LogP contribution in [0.4, 0.5) is 14.5 Å². The van der Waals surface area contributed by atoms with Crippen LogP contribution in [0.3, 0.4) is 0 Å². The molecule has 1 N–H and O–H groups in total. The summed E-state index contributed by atoms with van der Waals surface area (Å²) in [6.45, 7) is -0.386. The number of benzene rings is 1. The Hall–Kier alpha value is -2.31. The number of hydrogen-bond donors (Lipinski definition) is 1. The molecule has 1 aromatic heterocycles. The van der Waals surface area contributed by atoms with Crippen LogP contribution in [0.15, 0.2) is 24.3 Å². The molecule has 0 aliphatic heterocycles. The van der Waals surface area contributed by atoms with E-state index in [1.807, 2.05) is 14.0 Å². The van der Waals surface area contributed by atoms with Crippen LogP contribution in [-0.2, 0) is 13.6 Å². The van der Waals surface area contributed by atoms with E-state index in [4.69, 9.17) is 4.74 Å². The summed E-state index contributed by atoms with van der Waals surface area (Å²) in [5, 5.41) is 7.48. The summed E-state index contributed by atoms with van der Waals surface area (Å²) in [6, 6.07) is 6.33. The first-order valence-corrected chi connectivity index (χ1v) is 6.36. The second kappa shape index (κ2) is 6.43. The van der Waals surface area contributed by atoms with E-state index in [-0.39, 0.29) is 5.75 Å². The first-order valence-electron chi connectivity index (χ1n) is 6.36. The number of hydrogen-bond acceptors (Lipinski definition) is 4. The molecule has 1 heterocycles. The summed E-state index contributed by atoms with van der Waals surface area (Å²) in [7, 11) is 3.40. The molecule has 0 atom stereocenters. The van der Waals surface area contributed by atoms with Crippen LogP contribution in [0.1, 0.15) is 11.3 Å². The third kappa shape index (κ3) is 3.62. The lowest BCUT2D eigenvalue weighted by molar-refractivity contribution is -0.0498.